The van der Waals surface area contributed by atoms with Gasteiger partial charge in [-0.3, -0.25) is 0 Å². The molecule has 0 bridgehead atoms. The molecule has 1 aromatic rings. The zero-order valence-electron chi connectivity index (χ0n) is 12.1. The molecule has 106 valence electrons. The van der Waals surface area contributed by atoms with E-state index in [1.165, 1.54) is 0 Å². The Morgan fingerprint density at radius 2 is 1.84 bits per heavy atom. The predicted octanol–water partition coefficient (Wildman–Crippen LogP) is 2.89. The molecule has 0 aliphatic rings. The first-order valence-corrected chi connectivity index (χ1v) is 6.35. The molecule has 0 saturated carbocycles. The Kier molecular flexibility index (Phi) is 4.58. The molecule has 0 unspecified atom stereocenters. The molecule has 0 aliphatic heterocycles. The van der Waals surface area contributed by atoms with Gasteiger partial charge in [0.1, 0.15) is 5.75 Å². The largest absolute Gasteiger partial charge is 0.491 e. The van der Waals surface area contributed by atoms with Crippen LogP contribution in [0.2, 0.25) is 0 Å². The monoisotopic (exact) mass is 266 g/mol. The van der Waals surface area contributed by atoms with Crippen molar-refractivity contribution >= 4 is 5.97 Å². The maximum Gasteiger partial charge on any atom is 0.337 e. The number of hydrogen-bond acceptors (Lipinski definition) is 3. The van der Waals surface area contributed by atoms with E-state index in [0.717, 1.165) is 5.56 Å². The molecule has 0 amide bonds. The first kappa shape index (κ1) is 15.5. The predicted molar refractivity (Wildman–Crippen MR) is 73.5 cm³/mol. The van der Waals surface area contributed by atoms with E-state index in [2.05, 4.69) is 0 Å². The van der Waals surface area contributed by atoms with Crippen LogP contribution in [-0.2, 0) is 10.2 Å². The van der Waals surface area contributed by atoms with E-state index < -0.39 is 12.1 Å². The molecule has 4 heteroatoms. The average Bonchev–Trinajstić information content (AvgIpc) is 2.26. The van der Waals surface area contributed by atoms with Crippen LogP contribution in [0.15, 0.2) is 18.2 Å². The van der Waals surface area contributed by atoms with E-state index in [4.69, 9.17) is 9.84 Å². The molecule has 1 aromatic carbocycles. The first-order valence-electron chi connectivity index (χ1n) is 6.35. The third-order valence-corrected chi connectivity index (χ3v) is 2.77. The van der Waals surface area contributed by atoms with Gasteiger partial charge in [-0.1, -0.05) is 26.8 Å². The van der Waals surface area contributed by atoms with Crippen molar-refractivity contribution in [1.82, 2.24) is 0 Å². The fourth-order valence-corrected chi connectivity index (χ4v) is 1.72. The van der Waals surface area contributed by atoms with Gasteiger partial charge in [0.25, 0.3) is 0 Å². The number of aliphatic hydroxyl groups is 1. The molecule has 0 fully saturated rings. The molecule has 0 spiro atoms. The number of aliphatic carboxylic acids is 1. The molecule has 1 rings (SSSR count). The highest BCUT2D eigenvalue weighted by molar-refractivity contribution is 5.75. The summed E-state index contributed by atoms with van der Waals surface area (Å²) in [6.07, 6.45) is -1.66. The van der Waals surface area contributed by atoms with Crippen LogP contribution < -0.4 is 4.74 Å². The standard InChI is InChI=1S/C15H22O4/c1-9(2)19-12-7-6-10(15(3,4)5)8-11(12)13(16)14(17)18/h6-9,13,16H,1-5H3,(H,17,18)/t13-/m0/s1. The molecule has 0 heterocycles. The molecule has 19 heavy (non-hydrogen) atoms. The van der Waals surface area contributed by atoms with Crippen LogP contribution in [-0.4, -0.2) is 22.3 Å². The molecule has 1 atom stereocenters. The number of benzene rings is 1. The smallest absolute Gasteiger partial charge is 0.337 e. The van der Waals surface area contributed by atoms with Crippen LogP contribution in [0.4, 0.5) is 0 Å². The van der Waals surface area contributed by atoms with Crippen molar-refractivity contribution in [3.05, 3.63) is 29.3 Å². The van der Waals surface area contributed by atoms with Crippen molar-refractivity contribution in [2.24, 2.45) is 0 Å². The fourth-order valence-electron chi connectivity index (χ4n) is 1.72. The van der Waals surface area contributed by atoms with E-state index >= 15 is 0 Å². The number of rotatable bonds is 4. The first-order chi connectivity index (χ1) is 8.62. The molecule has 0 radical (unpaired) electrons. The highest BCUT2D eigenvalue weighted by Crippen LogP contribution is 2.32. The maximum absolute atomic E-state index is 11.0. The summed E-state index contributed by atoms with van der Waals surface area (Å²) in [4.78, 5) is 11.0. The number of carboxylic acids is 1. The molecule has 4 nitrogen and oxygen atoms in total. The Balaban J connectivity index is 3.30. The second kappa shape index (κ2) is 5.61. The van der Waals surface area contributed by atoms with Crippen LogP contribution in [0, 0.1) is 0 Å². The molecule has 2 N–H and O–H groups in total. The Labute approximate surface area is 114 Å². The topological polar surface area (TPSA) is 66.8 Å². The number of ether oxygens (including phenoxy) is 1. The molecule has 0 saturated heterocycles. The van der Waals surface area contributed by atoms with Crippen molar-refractivity contribution in [2.75, 3.05) is 0 Å². The zero-order valence-corrected chi connectivity index (χ0v) is 12.1. The van der Waals surface area contributed by atoms with Gasteiger partial charge in [0.2, 0.25) is 0 Å². The van der Waals surface area contributed by atoms with Crippen LogP contribution in [0.3, 0.4) is 0 Å². The summed E-state index contributed by atoms with van der Waals surface area (Å²) in [5, 5.41) is 18.8. The summed E-state index contributed by atoms with van der Waals surface area (Å²) in [5.74, 6) is -0.863. The second-order valence-corrected chi connectivity index (χ2v) is 5.91. The zero-order chi connectivity index (χ0) is 14.8. The number of aliphatic hydroxyl groups excluding tert-OH is 1. The van der Waals surface area contributed by atoms with Crippen molar-refractivity contribution in [3.8, 4) is 5.75 Å². The van der Waals surface area contributed by atoms with Crippen molar-refractivity contribution in [2.45, 2.75) is 52.2 Å². The normalized spacial score (nSPS) is 13.4. The lowest BCUT2D eigenvalue weighted by Gasteiger charge is -2.23. The Morgan fingerprint density at radius 1 is 1.26 bits per heavy atom. The van der Waals surface area contributed by atoms with Crippen LogP contribution in [0.1, 0.15) is 51.8 Å². The van der Waals surface area contributed by atoms with Gasteiger partial charge < -0.3 is 14.9 Å². The number of hydrogen-bond donors (Lipinski definition) is 2. The van der Waals surface area contributed by atoms with Gasteiger partial charge >= 0.3 is 5.97 Å². The number of carbonyl (C=O) groups is 1. The second-order valence-electron chi connectivity index (χ2n) is 5.91. The minimum Gasteiger partial charge on any atom is -0.491 e. The van der Waals surface area contributed by atoms with Gasteiger partial charge in [0.15, 0.2) is 6.10 Å². The average molecular weight is 266 g/mol. The minimum absolute atomic E-state index is 0.0831. The lowest BCUT2D eigenvalue weighted by atomic mass is 9.85. The summed E-state index contributed by atoms with van der Waals surface area (Å²) >= 11 is 0. The summed E-state index contributed by atoms with van der Waals surface area (Å²) in [6.45, 7) is 9.80. The molecule has 0 aliphatic carbocycles. The third-order valence-electron chi connectivity index (χ3n) is 2.77. The summed E-state index contributed by atoms with van der Waals surface area (Å²) in [7, 11) is 0. The number of carboxylic acid groups (broad SMARTS) is 1. The minimum atomic E-state index is -1.57. The lowest BCUT2D eigenvalue weighted by molar-refractivity contribution is -0.147. The van der Waals surface area contributed by atoms with Crippen molar-refractivity contribution < 1.29 is 19.7 Å². The van der Waals surface area contributed by atoms with Crippen molar-refractivity contribution in [1.29, 1.82) is 0 Å². The van der Waals surface area contributed by atoms with Gasteiger partial charge in [-0.15, -0.1) is 0 Å². The van der Waals surface area contributed by atoms with Crippen LogP contribution in [0.5, 0.6) is 5.75 Å². The van der Waals surface area contributed by atoms with E-state index in [9.17, 15) is 9.90 Å². The Hall–Kier alpha value is -1.55. The van der Waals surface area contributed by atoms with Crippen LogP contribution >= 0.6 is 0 Å². The maximum atomic E-state index is 11.0. The van der Waals surface area contributed by atoms with E-state index in [1.54, 1.807) is 12.1 Å². The fraction of sp³-hybridized carbons (Fsp3) is 0.533. The molecule has 0 aromatic heterocycles. The van der Waals surface area contributed by atoms with E-state index in [1.807, 2.05) is 40.7 Å². The van der Waals surface area contributed by atoms with E-state index in [-0.39, 0.29) is 11.5 Å². The van der Waals surface area contributed by atoms with Gasteiger partial charge in [-0.05, 0) is 37.0 Å². The highest BCUT2D eigenvalue weighted by Gasteiger charge is 2.24. The Bertz CT molecular complexity index is 458. The van der Waals surface area contributed by atoms with Crippen LogP contribution in [0.25, 0.3) is 0 Å². The molecular formula is C15H22O4. The molecular weight excluding hydrogens is 244 g/mol. The van der Waals surface area contributed by atoms with E-state index in [0.29, 0.717) is 11.3 Å². The van der Waals surface area contributed by atoms with Gasteiger partial charge in [0.05, 0.1) is 6.10 Å². The third kappa shape index (κ3) is 3.96. The van der Waals surface area contributed by atoms with Gasteiger partial charge in [0, 0.05) is 5.56 Å². The summed E-state index contributed by atoms with van der Waals surface area (Å²) < 4.78 is 5.56. The Morgan fingerprint density at radius 3 is 2.26 bits per heavy atom. The quantitative estimate of drug-likeness (QED) is 0.879. The SMILES string of the molecule is CC(C)Oc1ccc(C(C)(C)C)cc1[C@H](O)C(=O)O. The highest BCUT2D eigenvalue weighted by atomic mass is 16.5. The summed E-state index contributed by atoms with van der Waals surface area (Å²) in [5.41, 5.74) is 1.14. The summed E-state index contributed by atoms with van der Waals surface area (Å²) in [6, 6.07) is 5.33. The lowest BCUT2D eigenvalue weighted by Crippen LogP contribution is -2.17. The van der Waals surface area contributed by atoms with Crippen molar-refractivity contribution in [3.63, 3.8) is 0 Å². The van der Waals surface area contributed by atoms with Gasteiger partial charge in [-0.25, -0.2) is 4.79 Å². The van der Waals surface area contributed by atoms with Gasteiger partial charge in [-0.2, -0.15) is 0 Å².